The Balaban J connectivity index is 1.55. The molecule has 0 aliphatic carbocycles. The summed E-state index contributed by atoms with van der Waals surface area (Å²) in [5, 5.41) is 2.93. The third kappa shape index (κ3) is 5.28. The molecule has 2 aromatic carbocycles. The number of nitrogens with zero attached hydrogens (tertiary/aromatic N) is 2. The normalized spacial score (nSPS) is 16.9. The van der Waals surface area contributed by atoms with E-state index in [9.17, 15) is 13.2 Å². The maximum atomic E-state index is 13.0. The van der Waals surface area contributed by atoms with Crippen LogP contribution in [0, 0.1) is 6.92 Å². The average molecular weight is 430 g/mol. The lowest BCUT2D eigenvalue weighted by Crippen LogP contribution is -2.50. The molecule has 162 valence electrons. The Hall–Kier alpha value is -2.22. The quantitative estimate of drug-likeness (QED) is 0.732. The monoisotopic (exact) mass is 429 g/mol. The Morgan fingerprint density at radius 3 is 2.27 bits per heavy atom. The van der Waals surface area contributed by atoms with Crippen LogP contribution in [0.2, 0.25) is 0 Å². The molecule has 1 aliphatic rings. The number of hydrogen-bond acceptors (Lipinski definition) is 4. The molecule has 1 heterocycles. The summed E-state index contributed by atoms with van der Waals surface area (Å²) in [6.45, 7) is 8.30. The topological polar surface area (TPSA) is 69.7 Å². The van der Waals surface area contributed by atoms with E-state index in [0.29, 0.717) is 37.0 Å². The van der Waals surface area contributed by atoms with Gasteiger partial charge in [0.2, 0.25) is 15.9 Å². The molecule has 30 heavy (non-hydrogen) atoms. The smallest absolute Gasteiger partial charge is 0.243 e. The number of anilines is 1. The SMILES string of the molecule is CC[C@H](C)c1ccc(S(=O)(=O)N2CCN(CC(=O)Nc3ccccc3C)CC2)cc1. The molecule has 0 radical (unpaired) electrons. The van der Waals surface area contributed by atoms with Gasteiger partial charge >= 0.3 is 0 Å². The van der Waals surface area contributed by atoms with Crippen molar-refractivity contribution in [2.45, 2.75) is 38.0 Å². The number of rotatable bonds is 7. The van der Waals surface area contributed by atoms with Crippen LogP contribution in [0.15, 0.2) is 53.4 Å². The lowest BCUT2D eigenvalue weighted by atomic mass is 9.99. The van der Waals surface area contributed by atoms with Crippen molar-refractivity contribution >= 4 is 21.6 Å². The Morgan fingerprint density at radius 1 is 1.03 bits per heavy atom. The summed E-state index contributed by atoms with van der Waals surface area (Å²) in [4.78, 5) is 14.7. The van der Waals surface area contributed by atoms with Gasteiger partial charge < -0.3 is 5.32 Å². The molecular formula is C23H31N3O3S. The predicted octanol–water partition coefficient (Wildman–Crippen LogP) is 3.45. The molecule has 0 saturated carbocycles. The molecule has 1 saturated heterocycles. The highest BCUT2D eigenvalue weighted by Gasteiger charge is 2.29. The summed E-state index contributed by atoms with van der Waals surface area (Å²) in [5.41, 5.74) is 2.98. The van der Waals surface area contributed by atoms with Crippen molar-refractivity contribution in [3.63, 3.8) is 0 Å². The number of carbonyl (C=O) groups is 1. The van der Waals surface area contributed by atoms with E-state index in [1.54, 1.807) is 12.1 Å². The van der Waals surface area contributed by atoms with Crippen molar-refractivity contribution in [3.05, 3.63) is 59.7 Å². The predicted molar refractivity (Wildman–Crippen MR) is 120 cm³/mol. The summed E-state index contributed by atoms with van der Waals surface area (Å²) in [7, 11) is -3.51. The van der Waals surface area contributed by atoms with Crippen molar-refractivity contribution in [2.24, 2.45) is 0 Å². The van der Waals surface area contributed by atoms with E-state index in [1.165, 1.54) is 4.31 Å². The molecule has 1 fully saturated rings. The Kier molecular flexibility index (Phi) is 7.28. The summed E-state index contributed by atoms with van der Waals surface area (Å²) in [6, 6.07) is 14.9. The van der Waals surface area contributed by atoms with E-state index in [2.05, 4.69) is 19.2 Å². The first kappa shape index (κ1) is 22.5. The number of piperazine rings is 1. The van der Waals surface area contributed by atoms with Crippen molar-refractivity contribution in [1.29, 1.82) is 0 Å². The van der Waals surface area contributed by atoms with Gasteiger partial charge in [0.25, 0.3) is 0 Å². The Labute approximate surface area is 179 Å². The fraction of sp³-hybridized carbons (Fsp3) is 0.435. The van der Waals surface area contributed by atoms with Gasteiger partial charge in [0.15, 0.2) is 0 Å². The van der Waals surface area contributed by atoms with E-state index < -0.39 is 10.0 Å². The number of amides is 1. The maximum absolute atomic E-state index is 13.0. The number of nitrogens with one attached hydrogen (secondary N) is 1. The standard InChI is InChI=1S/C23H31N3O3S/c1-4-18(2)20-9-11-21(12-10-20)30(28,29)26-15-13-25(14-16-26)17-23(27)24-22-8-6-5-7-19(22)3/h5-12,18H,4,13-17H2,1-3H3,(H,24,27)/t18-/m0/s1. The number of para-hydroxylation sites is 1. The second kappa shape index (κ2) is 9.73. The second-order valence-electron chi connectivity index (χ2n) is 7.92. The van der Waals surface area contributed by atoms with Gasteiger partial charge in [-0.2, -0.15) is 4.31 Å². The van der Waals surface area contributed by atoms with E-state index in [-0.39, 0.29) is 12.5 Å². The minimum absolute atomic E-state index is 0.0822. The first-order valence-electron chi connectivity index (χ1n) is 10.5. The summed E-state index contributed by atoms with van der Waals surface area (Å²) < 4.78 is 27.5. The fourth-order valence-electron chi connectivity index (χ4n) is 3.59. The second-order valence-corrected chi connectivity index (χ2v) is 9.86. The molecule has 2 aromatic rings. The number of hydrogen-bond donors (Lipinski definition) is 1. The first-order chi connectivity index (χ1) is 14.3. The third-order valence-electron chi connectivity index (χ3n) is 5.82. The van der Waals surface area contributed by atoms with Gasteiger partial charge in [0, 0.05) is 31.9 Å². The molecule has 1 aliphatic heterocycles. The third-order valence-corrected chi connectivity index (χ3v) is 7.73. The van der Waals surface area contributed by atoms with Crippen molar-refractivity contribution in [1.82, 2.24) is 9.21 Å². The molecule has 3 rings (SSSR count). The molecule has 0 aromatic heterocycles. The summed E-state index contributed by atoms with van der Waals surface area (Å²) >= 11 is 0. The van der Waals surface area contributed by atoms with E-state index >= 15 is 0 Å². The lowest BCUT2D eigenvalue weighted by Gasteiger charge is -2.33. The van der Waals surface area contributed by atoms with Crippen LogP contribution < -0.4 is 5.32 Å². The van der Waals surface area contributed by atoms with E-state index in [0.717, 1.165) is 23.2 Å². The van der Waals surface area contributed by atoms with Gasteiger partial charge in [0.1, 0.15) is 0 Å². The first-order valence-corrected chi connectivity index (χ1v) is 11.9. The number of benzene rings is 2. The molecular weight excluding hydrogens is 398 g/mol. The van der Waals surface area contributed by atoms with Crippen LogP contribution in [0.25, 0.3) is 0 Å². The van der Waals surface area contributed by atoms with Crippen LogP contribution in [0.1, 0.15) is 37.3 Å². The molecule has 1 N–H and O–H groups in total. The van der Waals surface area contributed by atoms with Crippen LogP contribution in [0.5, 0.6) is 0 Å². The molecule has 0 bridgehead atoms. The van der Waals surface area contributed by atoms with Gasteiger partial charge in [0.05, 0.1) is 11.4 Å². The zero-order chi connectivity index (χ0) is 21.7. The molecule has 0 spiro atoms. The van der Waals surface area contributed by atoms with E-state index in [4.69, 9.17) is 0 Å². The van der Waals surface area contributed by atoms with Crippen molar-refractivity contribution in [2.75, 3.05) is 38.0 Å². The van der Waals surface area contributed by atoms with Crippen LogP contribution in [0.4, 0.5) is 5.69 Å². The molecule has 1 atom stereocenters. The van der Waals surface area contributed by atoms with Crippen molar-refractivity contribution in [3.8, 4) is 0 Å². The molecule has 1 amide bonds. The maximum Gasteiger partial charge on any atom is 0.243 e. The Bertz CT molecular complexity index is 965. The van der Waals surface area contributed by atoms with Crippen LogP contribution in [-0.4, -0.2) is 56.3 Å². The number of aryl methyl sites for hydroxylation is 1. The minimum atomic E-state index is -3.51. The van der Waals surface area contributed by atoms with Gasteiger partial charge in [-0.15, -0.1) is 0 Å². The van der Waals surface area contributed by atoms with Gasteiger partial charge in [-0.1, -0.05) is 44.2 Å². The highest BCUT2D eigenvalue weighted by Crippen LogP contribution is 2.23. The van der Waals surface area contributed by atoms with Gasteiger partial charge in [-0.25, -0.2) is 8.42 Å². The van der Waals surface area contributed by atoms with Crippen molar-refractivity contribution < 1.29 is 13.2 Å². The van der Waals surface area contributed by atoms with Gasteiger partial charge in [-0.3, -0.25) is 9.69 Å². The van der Waals surface area contributed by atoms with E-state index in [1.807, 2.05) is 48.2 Å². The summed E-state index contributed by atoms with van der Waals surface area (Å²) in [6.07, 6.45) is 1.02. The molecule has 7 heteroatoms. The Morgan fingerprint density at radius 2 is 1.67 bits per heavy atom. The largest absolute Gasteiger partial charge is 0.325 e. The zero-order valence-corrected chi connectivity index (χ0v) is 18.8. The van der Waals surface area contributed by atoms with Gasteiger partial charge in [-0.05, 0) is 48.6 Å². The van der Waals surface area contributed by atoms with Crippen LogP contribution in [0.3, 0.4) is 0 Å². The molecule has 0 unspecified atom stereocenters. The van der Waals surface area contributed by atoms with Crippen LogP contribution >= 0.6 is 0 Å². The highest BCUT2D eigenvalue weighted by atomic mass is 32.2. The highest BCUT2D eigenvalue weighted by molar-refractivity contribution is 7.89. The summed E-state index contributed by atoms with van der Waals surface area (Å²) in [5.74, 6) is 0.331. The zero-order valence-electron chi connectivity index (χ0n) is 18.0. The fourth-order valence-corrected chi connectivity index (χ4v) is 5.01. The average Bonchev–Trinajstić information content (AvgIpc) is 2.75. The minimum Gasteiger partial charge on any atom is -0.325 e. The van der Waals surface area contributed by atoms with Crippen LogP contribution in [-0.2, 0) is 14.8 Å². The lowest BCUT2D eigenvalue weighted by molar-refractivity contribution is -0.117. The number of carbonyl (C=O) groups excluding carboxylic acids is 1. The number of sulfonamides is 1. The molecule has 6 nitrogen and oxygen atoms in total.